The Morgan fingerprint density at radius 3 is 2.56 bits per heavy atom. The van der Waals surface area contributed by atoms with Crippen LogP contribution in [0, 0.1) is 18.4 Å². The predicted molar refractivity (Wildman–Crippen MR) is 95.6 cm³/mol. The van der Waals surface area contributed by atoms with E-state index in [9.17, 15) is 4.79 Å². The molecular formula is C20H27N3O2. The Bertz CT molecular complexity index is 759. The third-order valence-corrected chi connectivity index (χ3v) is 6.05. The number of carbonyl (C=O) groups excluding carboxylic acids is 1. The number of aromatic nitrogens is 2. The molecular weight excluding hydrogens is 314 g/mol. The van der Waals surface area contributed by atoms with Crippen LogP contribution in [0.1, 0.15) is 64.5 Å². The summed E-state index contributed by atoms with van der Waals surface area (Å²) in [5.41, 5.74) is 1.57. The molecule has 1 aromatic heterocycles. The van der Waals surface area contributed by atoms with Crippen molar-refractivity contribution >= 4 is 5.78 Å². The monoisotopic (exact) mass is 341 g/mol. The third kappa shape index (κ3) is 2.63. The Morgan fingerprint density at radius 2 is 2.00 bits per heavy atom. The Hall–Kier alpha value is -1.96. The maximum Gasteiger partial charge on any atom is 0.282 e. The van der Waals surface area contributed by atoms with Crippen LogP contribution < -0.4 is 4.74 Å². The largest absolute Gasteiger partial charge is 0.481 e. The number of hydrogen-bond donors (Lipinski definition) is 0. The predicted octanol–water partition coefficient (Wildman–Crippen LogP) is 3.50. The van der Waals surface area contributed by atoms with E-state index >= 15 is 0 Å². The molecule has 1 heterocycles. The lowest BCUT2D eigenvalue weighted by atomic mass is 9.55. The summed E-state index contributed by atoms with van der Waals surface area (Å²) in [6.07, 6.45) is 2.28. The third-order valence-electron chi connectivity index (χ3n) is 6.05. The number of rotatable bonds is 1. The minimum atomic E-state index is -0.568. The highest BCUT2D eigenvalue weighted by Crippen LogP contribution is 2.52. The minimum absolute atomic E-state index is 0.0954. The number of Topliss-reactive ketones (excluding diaryl/α,β-unsaturated/α-hetero) is 1. The summed E-state index contributed by atoms with van der Waals surface area (Å²) in [4.78, 5) is 25.8. The molecule has 0 spiro atoms. The summed E-state index contributed by atoms with van der Waals surface area (Å²) in [5.74, 6) is 1.62. The SMILES string of the molecule is [C-]#[N+]C1C[C@]2(C)c3nc(C(C)(C)C)nc(OC)c3CC[C@H]2[C@H](C)C1=O. The smallest absolute Gasteiger partial charge is 0.282 e. The second-order valence-corrected chi connectivity index (χ2v) is 8.74. The average molecular weight is 341 g/mol. The Labute approximate surface area is 150 Å². The molecule has 0 bridgehead atoms. The van der Waals surface area contributed by atoms with E-state index in [-0.39, 0.29) is 28.4 Å². The maximum atomic E-state index is 12.5. The molecule has 3 rings (SSSR count). The summed E-state index contributed by atoms with van der Waals surface area (Å²) in [6.45, 7) is 17.9. The van der Waals surface area contributed by atoms with Gasteiger partial charge in [-0.15, -0.1) is 0 Å². The van der Waals surface area contributed by atoms with Crippen molar-refractivity contribution in [2.75, 3.05) is 7.11 Å². The highest BCUT2D eigenvalue weighted by atomic mass is 16.5. The van der Waals surface area contributed by atoms with Crippen molar-refractivity contribution in [3.8, 4) is 5.88 Å². The first-order valence-electron chi connectivity index (χ1n) is 8.99. The molecule has 1 unspecified atom stereocenters. The summed E-state index contributed by atoms with van der Waals surface area (Å²) in [5, 5.41) is 0. The van der Waals surface area contributed by atoms with Crippen molar-refractivity contribution < 1.29 is 9.53 Å². The Morgan fingerprint density at radius 1 is 1.32 bits per heavy atom. The average Bonchev–Trinajstić information content (AvgIpc) is 2.56. The van der Waals surface area contributed by atoms with Crippen LogP contribution in [-0.2, 0) is 22.0 Å². The van der Waals surface area contributed by atoms with Crippen molar-refractivity contribution in [2.45, 2.75) is 70.8 Å². The van der Waals surface area contributed by atoms with E-state index in [4.69, 9.17) is 16.3 Å². The summed E-state index contributed by atoms with van der Waals surface area (Å²) in [6, 6.07) is -0.568. The minimum Gasteiger partial charge on any atom is -0.481 e. The molecule has 25 heavy (non-hydrogen) atoms. The first kappa shape index (κ1) is 17.8. The molecule has 5 nitrogen and oxygen atoms in total. The van der Waals surface area contributed by atoms with Gasteiger partial charge in [0.1, 0.15) is 5.82 Å². The summed E-state index contributed by atoms with van der Waals surface area (Å²) < 4.78 is 5.60. The summed E-state index contributed by atoms with van der Waals surface area (Å²) >= 11 is 0. The standard InChI is InChI=1S/C20H27N3O2/c1-11-13-9-8-12-16(20(13,5)10-14(21-6)15(11)24)22-18(19(2,3)4)23-17(12)25-7/h11,13-14H,8-10H2,1-5,7H3/t11-,13-,14?,20-/m0/s1. The van der Waals surface area contributed by atoms with Gasteiger partial charge in [0.15, 0.2) is 0 Å². The fourth-order valence-electron chi connectivity index (χ4n) is 4.62. The van der Waals surface area contributed by atoms with E-state index in [1.807, 2.05) is 6.92 Å². The van der Waals surface area contributed by atoms with Crippen LogP contribution in [0.25, 0.3) is 4.85 Å². The van der Waals surface area contributed by atoms with Gasteiger partial charge in [0.2, 0.25) is 11.7 Å². The topological polar surface area (TPSA) is 56.4 Å². The molecule has 0 saturated heterocycles. The van der Waals surface area contributed by atoms with E-state index in [1.165, 1.54) is 0 Å². The van der Waals surface area contributed by atoms with Crippen LogP contribution in [0.15, 0.2) is 0 Å². The molecule has 2 aliphatic carbocycles. The van der Waals surface area contributed by atoms with Crippen LogP contribution in [0.2, 0.25) is 0 Å². The zero-order valence-corrected chi connectivity index (χ0v) is 16.0. The molecule has 1 fully saturated rings. The van der Waals surface area contributed by atoms with Gasteiger partial charge in [-0.2, -0.15) is 4.98 Å². The summed E-state index contributed by atoms with van der Waals surface area (Å²) in [7, 11) is 1.65. The van der Waals surface area contributed by atoms with Gasteiger partial charge in [0.25, 0.3) is 6.04 Å². The number of fused-ring (bicyclic) bond motifs is 3. The number of ketones is 1. The van der Waals surface area contributed by atoms with Gasteiger partial charge >= 0.3 is 0 Å². The van der Waals surface area contributed by atoms with Gasteiger partial charge in [-0.05, 0) is 18.8 Å². The normalized spacial score (nSPS) is 31.7. The lowest BCUT2D eigenvalue weighted by Gasteiger charge is -2.47. The molecule has 0 aromatic carbocycles. The van der Waals surface area contributed by atoms with E-state index in [2.05, 4.69) is 37.5 Å². The number of carbonyl (C=O) groups is 1. The molecule has 1 saturated carbocycles. The van der Waals surface area contributed by atoms with Crippen LogP contribution in [-0.4, -0.2) is 28.9 Å². The van der Waals surface area contributed by atoms with Crippen molar-refractivity contribution in [3.05, 3.63) is 28.5 Å². The van der Waals surface area contributed by atoms with Crippen LogP contribution in [0.3, 0.4) is 0 Å². The van der Waals surface area contributed by atoms with Crippen molar-refractivity contribution in [3.63, 3.8) is 0 Å². The second-order valence-electron chi connectivity index (χ2n) is 8.74. The lowest BCUT2D eigenvalue weighted by molar-refractivity contribution is -0.129. The van der Waals surface area contributed by atoms with Gasteiger partial charge in [-0.3, -0.25) is 4.79 Å². The van der Waals surface area contributed by atoms with Gasteiger partial charge < -0.3 is 9.58 Å². The van der Waals surface area contributed by atoms with Crippen LogP contribution in [0.4, 0.5) is 0 Å². The van der Waals surface area contributed by atoms with Crippen molar-refractivity contribution in [1.29, 1.82) is 0 Å². The molecule has 0 N–H and O–H groups in total. The molecule has 0 amide bonds. The van der Waals surface area contributed by atoms with Gasteiger partial charge in [-0.25, -0.2) is 11.6 Å². The van der Waals surface area contributed by atoms with E-state index in [0.717, 1.165) is 29.9 Å². The number of methoxy groups -OCH3 is 1. The van der Waals surface area contributed by atoms with E-state index < -0.39 is 6.04 Å². The number of ether oxygens (including phenoxy) is 1. The fourth-order valence-corrected chi connectivity index (χ4v) is 4.62. The Balaban J connectivity index is 2.22. The number of hydrogen-bond acceptors (Lipinski definition) is 4. The first-order valence-corrected chi connectivity index (χ1v) is 8.99. The molecule has 134 valence electrons. The zero-order chi connectivity index (χ0) is 18.6. The van der Waals surface area contributed by atoms with E-state index in [0.29, 0.717) is 12.3 Å². The highest BCUT2D eigenvalue weighted by Gasteiger charge is 2.55. The molecule has 5 heteroatoms. The van der Waals surface area contributed by atoms with Crippen molar-refractivity contribution in [1.82, 2.24) is 9.97 Å². The first-order chi connectivity index (χ1) is 11.6. The molecule has 0 aliphatic heterocycles. The quantitative estimate of drug-likeness (QED) is 0.734. The highest BCUT2D eigenvalue weighted by molar-refractivity contribution is 5.89. The molecule has 2 aliphatic rings. The van der Waals surface area contributed by atoms with E-state index in [1.54, 1.807) is 7.11 Å². The zero-order valence-electron chi connectivity index (χ0n) is 16.0. The molecule has 1 aromatic rings. The van der Waals surface area contributed by atoms with Gasteiger partial charge in [0.05, 0.1) is 12.8 Å². The lowest BCUT2D eigenvalue weighted by Crippen LogP contribution is -2.52. The van der Waals surface area contributed by atoms with Gasteiger partial charge in [-0.1, -0.05) is 34.6 Å². The Kier molecular flexibility index (Phi) is 4.14. The van der Waals surface area contributed by atoms with Gasteiger partial charge in [0, 0.05) is 28.7 Å². The van der Waals surface area contributed by atoms with Crippen LogP contribution in [0.5, 0.6) is 5.88 Å². The maximum absolute atomic E-state index is 12.5. The second kappa shape index (κ2) is 5.79. The van der Waals surface area contributed by atoms with Crippen molar-refractivity contribution in [2.24, 2.45) is 11.8 Å². The molecule has 0 radical (unpaired) electrons. The number of nitrogens with zero attached hydrogens (tertiary/aromatic N) is 3. The molecule has 4 atom stereocenters. The fraction of sp³-hybridized carbons (Fsp3) is 0.700. The van der Waals surface area contributed by atoms with Crippen LogP contribution >= 0.6 is 0 Å².